The maximum absolute atomic E-state index is 10.3. The van der Waals surface area contributed by atoms with Crippen molar-refractivity contribution >= 4 is 0 Å². The zero-order valence-corrected chi connectivity index (χ0v) is 8.66. The van der Waals surface area contributed by atoms with Crippen LogP contribution in [0.3, 0.4) is 0 Å². The molecule has 2 nitrogen and oxygen atoms in total. The van der Waals surface area contributed by atoms with Crippen molar-refractivity contribution in [3.63, 3.8) is 0 Å². The van der Waals surface area contributed by atoms with Gasteiger partial charge in [0.15, 0.2) is 0 Å². The maximum Gasteiger partial charge on any atom is 0.119 e. The molecule has 1 rings (SSSR count). The van der Waals surface area contributed by atoms with Gasteiger partial charge in [-0.3, -0.25) is 0 Å². The van der Waals surface area contributed by atoms with Crippen LogP contribution in [0.4, 0.5) is 0 Å². The van der Waals surface area contributed by atoms with E-state index < -0.39 is 0 Å². The van der Waals surface area contributed by atoms with E-state index in [4.69, 9.17) is 4.74 Å². The summed E-state index contributed by atoms with van der Waals surface area (Å²) in [5.41, 5.74) is 1.25. The van der Waals surface area contributed by atoms with Crippen LogP contribution >= 0.6 is 0 Å². The van der Waals surface area contributed by atoms with Gasteiger partial charge in [-0.2, -0.15) is 0 Å². The lowest BCUT2D eigenvalue weighted by Gasteiger charge is -2.05. The fourth-order valence-corrected chi connectivity index (χ4v) is 1.39. The first-order valence-corrected chi connectivity index (χ1v) is 5.16. The second kappa shape index (κ2) is 6.44. The van der Waals surface area contributed by atoms with Gasteiger partial charge in [0.25, 0.3) is 0 Å². The van der Waals surface area contributed by atoms with Gasteiger partial charge in [-0.15, -0.1) is 0 Å². The van der Waals surface area contributed by atoms with Gasteiger partial charge in [0.1, 0.15) is 5.75 Å². The van der Waals surface area contributed by atoms with Crippen LogP contribution in [0.1, 0.15) is 25.3 Å². The summed E-state index contributed by atoms with van der Waals surface area (Å²) < 4.78 is 5.39. The maximum atomic E-state index is 10.3. The molecule has 1 radical (unpaired) electrons. The molecular weight excluding hydrogens is 176 g/mol. The number of hydrogen-bond acceptors (Lipinski definition) is 1. The van der Waals surface area contributed by atoms with Gasteiger partial charge < -0.3 is 4.74 Å². The van der Waals surface area contributed by atoms with Gasteiger partial charge >= 0.3 is 0 Å². The number of rotatable bonds is 6. The first-order chi connectivity index (χ1) is 6.86. The van der Waals surface area contributed by atoms with Crippen LogP contribution in [0.25, 0.3) is 0 Å². The molecule has 0 aromatic heterocycles. The summed E-state index contributed by atoms with van der Waals surface area (Å²) in [7, 11) is 0. The van der Waals surface area contributed by atoms with Gasteiger partial charge in [-0.25, -0.2) is 5.11 Å². The summed E-state index contributed by atoms with van der Waals surface area (Å²) in [6.07, 6.45) is 2.71. The fraction of sp³-hybridized carbons (Fsp3) is 0.500. The quantitative estimate of drug-likeness (QED) is 0.639. The number of benzene rings is 1. The monoisotopic (exact) mass is 193 g/mol. The third-order valence-electron chi connectivity index (χ3n) is 2.07. The lowest BCUT2D eigenvalue weighted by atomic mass is 10.1. The molecule has 1 aromatic rings. The highest BCUT2D eigenvalue weighted by atomic mass is 16.5. The first kappa shape index (κ1) is 11.1. The molecule has 0 fully saturated rings. The van der Waals surface area contributed by atoms with Gasteiger partial charge in [0.2, 0.25) is 0 Å². The molecule has 0 aliphatic carbocycles. The average molecular weight is 193 g/mol. The van der Waals surface area contributed by atoms with E-state index in [9.17, 15) is 5.11 Å². The summed E-state index contributed by atoms with van der Waals surface area (Å²) in [5, 5.41) is 10.3. The van der Waals surface area contributed by atoms with E-state index in [1.165, 1.54) is 5.56 Å². The minimum atomic E-state index is 0.0329. The Kier molecular flexibility index (Phi) is 5.08. The van der Waals surface area contributed by atoms with Crippen LogP contribution in [-0.2, 0) is 11.5 Å². The van der Waals surface area contributed by atoms with Gasteiger partial charge in [-0.05, 0) is 43.9 Å². The molecule has 0 aliphatic heterocycles. The Morgan fingerprint density at radius 1 is 1.29 bits per heavy atom. The van der Waals surface area contributed by atoms with Crippen LogP contribution in [0.2, 0.25) is 0 Å². The summed E-state index contributed by atoms with van der Waals surface area (Å²) >= 11 is 0. The van der Waals surface area contributed by atoms with Crippen molar-refractivity contribution in [2.75, 3.05) is 13.2 Å². The first-order valence-electron chi connectivity index (χ1n) is 5.16. The fourth-order valence-electron chi connectivity index (χ4n) is 1.39. The number of aryl methyl sites for hydroxylation is 1. The number of hydrogen-bond donors (Lipinski definition) is 0. The number of ether oxygens (including phenoxy) is 1. The van der Waals surface area contributed by atoms with Crippen LogP contribution in [0, 0.1) is 0 Å². The van der Waals surface area contributed by atoms with Crippen LogP contribution < -0.4 is 4.74 Å². The topological polar surface area (TPSA) is 29.1 Å². The Bertz CT molecular complexity index is 258. The largest absolute Gasteiger partial charge is 0.494 e. The van der Waals surface area contributed by atoms with Crippen molar-refractivity contribution in [3.8, 4) is 5.75 Å². The molecule has 77 valence electrons. The van der Waals surface area contributed by atoms with Crippen molar-refractivity contribution in [2.45, 2.75) is 26.2 Å². The average Bonchev–Trinajstić information content (AvgIpc) is 2.19. The number of unbranched alkanes of at least 4 members (excludes halogenated alkanes) is 1. The van der Waals surface area contributed by atoms with Crippen LogP contribution in [-0.4, -0.2) is 13.2 Å². The molecule has 0 amide bonds. The third kappa shape index (κ3) is 3.79. The molecule has 0 bridgehead atoms. The third-order valence-corrected chi connectivity index (χ3v) is 2.07. The second-order valence-electron chi connectivity index (χ2n) is 3.24. The summed E-state index contributed by atoms with van der Waals surface area (Å²) in [5.74, 6) is 0.923. The Hall–Kier alpha value is -1.02. The van der Waals surface area contributed by atoms with Crippen molar-refractivity contribution < 1.29 is 9.84 Å². The van der Waals surface area contributed by atoms with Gasteiger partial charge in [0, 0.05) is 0 Å². The van der Waals surface area contributed by atoms with Gasteiger partial charge in [0.05, 0.1) is 13.2 Å². The van der Waals surface area contributed by atoms with Crippen LogP contribution in [0.15, 0.2) is 24.3 Å². The molecule has 2 heteroatoms. The van der Waals surface area contributed by atoms with Crippen molar-refractivity contribution in [2.24, 2.45) is 0 Å². The molecule has 0 spiro atoms. The van der Waals surface area contributed by atoms with Crippen molar-refractivity contribution in [1.29, 1.82) is 0 Å². The zero-order chi connectivity index (χ0) is 10.2. The standard InChI is InChI=1S/C12H17O2/c1-2-14-12-8-5-7-11(10-12)6-3-4-9-13/h5,7-8,10H,2-4,6,9H2,1H3. The Balaban J connectivity index is 2.46. The molecule has 0 saturated carbocycles. The lowest BCUT2D eigenvalue weighted by Crippen LogP contribution is -1.93. The minimum Gasteiger partial charge on any atom is -0.494 e. The zero-order valence-electron chi connectivity index (χ0n) is 8.66. The van der Waals surface area contributed by atoms with E-state index >= 15 is 0 Å². The molecule has 1 aromatic carbocycles. The van der Waals surface area contributed by atoms with E-state index in [0.29, 0.717) is 6.61 Å². The van der Waals surface area contributed by atoms with E-state index in [1.807, 2.05) is 25.1 Å². The SMILES string of the molecule is CCOc1cccc(CCCC[O])c1. The van der Waals surface area contributed by atoms with Crippen LogP contribution in [0.5, 0.6) is 5.75 Å². The molecule has 0 N–H and O–H groups in total. The van der Waals surface area contributed by atoms with Crippen molar-refractivity contribution in [1.82, 2.24) is 0 Å². The molecule has 0 saturated heterocycles. The van der Waals surface area contributed by atoms with Gasteiger partial charge in [-0.1, -0.05) is 12.1 Å². The highest BCUT2D eigenvalue weighted by molar-refractivity contribution is 5.28. The summed E-state index contributed by atoms with van der Waals surface area (Å²) in [6, 6.07) is 8.08. The summed E-state index contributed by atoms with van der Waals surface area (Å²) in [6.45, 7) is 2.71. The molecule has 14 heavy (non-hydrogen) atoms. The highest BCUT2D eigenvalue weighted by Crippen LogP contribution is 2.14. The summed E-state index contributed by atoms with van der Waals surface area (Å²) in [4.78, 5) is 0. The molecule has 0 aliphatic rings. The normalized spacial score (nSPS) is 10.1. The Labute approximate surface area is 85.5 Å². The van der Waals surface area contributed by atoms with E-state index in [2.05, 4.69) is 6.07 Å². The Morgan fingerprint density at radius 3 is 2.86 bits per heavy atom. The van der Waals surface area contributed by atoms with E-state index in [1.54, 1.807) is 0 Å². The highest BCUT2D eigenvalue weighted by Gasteiger charge is 1.96. The smallest absolute Gasteiger partial charge is 0.119 e. The molecule has 0 atom stereocenters. The predicted octanol–water partition coefficient (Wildman–Crippen LogP) is 2.84. The van der Waals surface area contributed by atoms with E-state index in [0.717, 1.165) is 25.0 Å². The lowest BCUT2D eigenvalue weighted by molar-refractivity contribution is 0.187. The minimum absolute atomic E-state index is 0.0329. The Morgan fingerprint density at radius 2 is 2.14 bits per heavy atom. The van der Waals surface area contributed by atoms with Crippen molar-refractivity contribution in [3.05, 3.63) is 29.8 Å². The second-order valence-corrected chi connectivity index (χ2v) is 3.24. The predicted molar refractivity (Wildman–Crippen MR) is 56.1 cm³/mol. The molecule has 0 heterocycles. The van der Waals surface area contributed by atoms with E-state index in [-0.39, 0.29) is 6.61 Å². The molecule has 0 unspecified atom stereocenters. The molecular formula is C12H17O2.